The molecule has 0 saturated carbocycles. The molecule has 2 aromatic carbocycles. The zero-order valence-electron chi connectivity index (χ0n) is 11.1. The maximum atomic E-state index is 13.2. The van der Waals surface area contributed by atoms with Crippen molar-refractivity contribution >= 4 is 11.6 Å². The monoisotopic (exact) mass is 277 g/mol. The van der Waals surface area contributed by atoms with Crippen molar-refractivity contribution in [1.82, 2.24) is 5.32 Å². The maximum absolute atomic E-state index is 13.2. The Kier molecular flexibility index (Phi) is 4.56. The van der Waals surface area contributed by atoms with Gasteiger partial charge in [0.25, 0.3) is 0 Å². The molecule has 2 aromatic rings. The quantitative estimate of drug-likeness (QED) is 0.879. The molecule has 19 heavy (non-hydrogen) atoms. The van der Waals surface area contributed by atoms with Crippen LogP contribution >= 0.6 is 11.6 Å². The van der Waals surface area contributed by atoms with Crippen LogP contribution in [0.5, 0.6) is 0 Å². The first-order valence-corrected chi connectivity index (χ1v) is 6.66. The second kappa shape index (κ2) is 6.18. The lowest BCUT2D eigenvalue weighted by atomic mass is 9.95. The first-order valence-electron chi connectivity index (χ1n) is 6.28. The summed E-state index contributed by atoms with van der Waals surface area (Å²) >= 11 is 6.16. The predicted molar refractivity (Wildman–Crippen MR) is 78.1 cm³/mol. The molecule has 0 aromatic heterocycles. The minimum Gasteiger partial charge on any atom is -0.313 e. The van der Waals surface area contributed by atoms with Crippen molar-refractivity contribution in [2.45, 2.75) is 19.4 Å². The van der Waals surface area contributed by atoms with Crippen molar-refractivity contribution in [2.75, 3.05) is 7.05 Å². The van der Waals surface area contributed by atoms with Gasteiger partial charge in [-0.15, -0.1) is 0 Å². The molecule has 0 saturated heterocycles. The molecule has 0 spiro atoms. The molecular weight excluding hydrogens is 261 g/mol. The van der Waals surface area contributed by atoms with E-state index >= 15 is 0 Å². The van der Waals surface area contributed by atoms with E-state index in [1.807, 2.05) is 32.2 Å². The summed E-state index contributed by atoms with van der Waals surface area (Å²) in [5, 5.41) is 4.03. The molecule has 3 heteroatoms. The lowest BCUT2D eigenvalue weighted by molar-refractivity contribution is 0.581. The zero-order valence-corrected chi connectivity index (χ0v) is 11.8. The third-order valence-corrected chi connectivity index (χ3v) is 3.77. The number of hydrogen-bond donors (Lipinski definition) is 1. The summed E-state index contributed by atoms with van der Waals surface area (Å²) in [5.74, 6) is -0.199. The molecule has 0 heterocycles. The van der Waals surface area contributed by atoms with Gasteiger partial charge in [-0.2, -0.15) is 0 Å². The average Bonchev–Trinajstić information content (AvgIpc) is 2.40. The van der Waals surface area contributed by atoms with Gasteiger partial charge in [-0.25, -0.2) is 4.39 Å². The van der Waals surface area contributed by atoms with Crippen LogP contribution in [0.25, 0.3) is 0 Å². The van der Waals surface area contributed by atoms with Crippen LogP contribution in [-0.4, -0.2) is 7.05 Å². The smallest absolute Gasteiger partial charge is 0.123 e. The highest BCUT2D eigenvalue weighted by atomic mass is 35.5. The number of likely N-dealkylation sites (N-methyl/N-ethyl adjacent to an activating group) is 1. The van der Waals surface area contributed by atoms with Gasteiger partial charge in [0.1, 0.15) is 5.82 Å². The Morgan fingerprint density at radius 2 is 1.95 bits per heavy atom. The number of halogens is 2. The third kappa shape index (κ3) is 3.34. The van der Waals surface area contributed by atoms with Gasteiger partial charge >= 0.3 is 0 Å². The van der Waals surface area contributed by atoms with E-state index in [-0.39, 0.29) is 11.9 Å². The fourth-order valence-electron chi connectivity index (χ4n) is 2.27. The van der Waals surface area contributed by atoms with E-state index in [0.717, 1.165) is 28.1 Å². The summed E-state index contributed by atoms with van der Waals surface area (Å²) in [6, 6.07) is 12.7. The van der Waals surface area contributed by atoms with Crippen molar-refractivity contribution in [1.29, 1.82) is 0 Å². The fraction of sp³-hybridized carbons (Fsp3) is 0.250. The number of hydrogen-bond acceptors (Lipinski definition) is 1. The molecule has 2 rings (SSSR count). The Morgan fingerprint density at radius 1 is 1.21 bits per heavy atom. The second-order valence-corrected chi connectivity index (χ2v) is 5.04. The van der Waals surface area contributed by atoms with Crippen LogP contribution in [-0.2, 0) is 6.42 Å². The minimum absolute atomic E-state index is 0.125. The van der Waals surface area contributed by atoms with Crippen molar-refractivity contribution < 1.29 is 4.39 Å². The van der Waals surface area contributed by atoms with Crippen LogP contribution in [0.4, 0.5) is 4.39 Å². The molecule has 1 unspecified atom stereocenters. The molecule has 0 aliphatic heterocycles. The van der Waals surface area contributed by atoms with Crippen LogP contribution in [0.15, 0.2) is 42.5 Å². The topological polar surface area (TPSA) is 12.0 Å². The summed E-state index contributed by atoms with van der Waals surface area (Å²) in [5.41, 5.74) is 3.19. The van der Waals surface area contributed by atoms with Gasteiger partial charge in [-0.3, -0.25) is 0 Å². The average molecular weight is 278 g/mol. The Labute approximate surface area is 118 Å². The summed E-state index contributed by atoms with van der Waals surface area (Å²) in [4.78, 5) is 0. The fourth-order valence-corrected chi connectivity index (χ4v) is 2.45. The van der Waals surface area contributed by atoms with E-state index in [4.69, 9.17) is 11.6 Å². The van der Waals surface area contributed by atoms with Crippen LogP contribution < -0.4 is 5.32 Å². The van der Waals surface area contributed by atoms with Gasteiger partial charge in [0, 0.05) is 11.1 Å². The molecule has 1 nitrogen and oxygen atoms in total. The van der Waals surface area contributed by atoms with Gasteiger partial charge in [-0.05, 0) is 55.3 Å². The molecule has 0 aliphatic rings. The number of rotatable bonds is 4. The van der Waals surface area contributed by atoms with Crippen LogP contribution in [0.1, 0.15) is 22.7 Å². The van der Waals surface area contributed by atoms with Crippen LogP contribution in [0.2, 0.25) is 5.02 Å². The Balaban J connectivity index is 2.28. The standard InChI is InChI=1S/C16H17ClFN/c1-11-14(7-4-8-15(11)17)16(19-2)10-12-5-3-6-13(18)9-12/h3-9,16,19H,10H2,1-2H3. The van der Waals surface area contributed by atoms with Gasteiger partial charge in [-0.1, -0.05) is 35.9 Å². The van der Waals surface area contributed by atoms with E-state index < -0.39 is 0 Å². The van der Waals surface area contributed by atoms with E-state index in [0.29, 0.717) is 0 Å². The van der Waals surface area contributed by atoms with Crippen LogP contribution in [0.3, 0.4) is 0 Å². The number of nitrogens with one attached hydrogen (secondary N) is 1. The lowest BCUT2D eigenvalue weighted by Crippen LogP contribution is -2.20. The first kappa shape index (κ1) is 14.0. The molecule has 0 bridgehead atoms. The summed E-state index contributed by atoms with van der Waals surface area (Å²) < 4.78 is 13.2. The summed E-state index contributed by atoms with van der Waals surface area (Å²) in [6.07, 6.45) is 0.732. The van der Waals surface area contributed by atoms with Gasteiger partial charge in [0.05, 0.1) is 0 Å². The zero-order chi connectivity index (χ0) is 13.8. The predicted octanol–water partition coefficient (Wildman–Crippen LogP) is 4.29. The van der Waals surface area contributed by atoms with Gasteiger partial charge in [0.15, 0.2) is 0 Å². The van der Waals surface area contributed by atoms with E-state index in [2.05, 4.69) is 11.4 Å². The molecule has 0 radical (unpaired) electrons. The van der Waals surface area contributed by atoms with Crippen molar-refractivity contribution in [3.05, 3.63) is 70.0 Å². The molecule has 0 aliphatic carbocycles. The lowest BCUT2D eigenvalue weighted by Gasteiger charge is -2.19. The van der Waals surface area contributed by atoms with Crippen molar-refractivity contribution in [2.24, 2.45) is 0 Å². The van der Waals surface area contributed by atoms with E-state index in [1.165, 1.54) is 6.07 Å². The molecule has 0 fully saturated rings. The minimum atomic E-state index is -0.199. The van der Waals surface area contributed by atoms with E-state index in [1.54, 1.807) is 12.1 Å². The highest BCUT2D eigenvalue weighted by Gasteiger charge is 2.14. The van der Waals surface area contributed by atoms with Gasteiger partial charge in [0.2, 0.25) is 0 Å². The molecule has 100 valence electrons. The third-order valence-electron chi connectivity index (χ3n) is 3.36. The van der Waals surface area contributed by atoms with Crippen molar-refractivity contribution in [3.8, 4) is 0 Å². The SMILES string of the molecule is CNC(Cc1cccc(F)c1)c1cccc(Cl)c1C. The van der Waals surface area contributed by atoms with Crippen LogP contribution in [0, 0.1) is 12.7 Å². The largest absolute Gasteiger partial charge is 0.313 e. The van der Waals surface area contributed by atoms with E-state index in [9.17, 15) is 4.39 Å². The maximum Gasteiger partial charge on any atom is 0.123 e. The summed E-state index contributed by atoms with van der Waals surface area (Å²) in [7, 11) is 1.91. The molecule has 1 N–H and O–H groups in total. The molecular formula is C16H17ClFN. The molecule has 0 amide bonds. The van der Waals surface area contributed by atoms with Gasteiger partial charge < -0.3 is 5.32 Å². The van der Waals surface area contributed by atoms with Crippen molar-refractivity contribution in [3.63, 3.8) is 0 Å². The number of benzene rings is 2. The highest BCUT2D eigenvalue weighted by Crippen LogP contribution is 2.26. The summed E-state index contributed by atoms with van der Waals surface area (Å²) in [6.45, 7) is 2.01. The highest BCUT2D eigenvalue weighted by molar-refractivity contribution is 6.31. The second-order valence-electron chi connectivity index (χ2n) is 4.63. The normalized spacial score (nSPS) is 12.4. The Hall–Kier alpha value is -1.38. The molecule has 1 atom stereocenters. The first-order chi connectivity index (χ1) is 9.11. The Morgan fingerprint density at radius 3 is 2.63 bits per heavy atom. The Bertz CT molecular complexity index is 568.